The molecule has 1 aromatic rings. The van der Waals surface area contributed by atoms with E-state index in [1.165, 1.54) is 0 Å². The third-order valence-electron chi connectivity index (χ3n) is 2.86. The van der Waals surface area contributed by atoms with E-state index in [2.05, 4.69) is 48.3 Å². The quantitative estimate of drug-likeness (QED) is 0.795. The van der Waals surface area contributed by atoms with E-state index in [0.29, 0.717) is 12.1 Å². The molecule has 0 aliphatic heterocycles. The number of nitrogens with zero attached hydrogens (tertiary/aromatic N) is 2. The van der Waals surface area contributed by atoms with Gasteiger partial charge in [0, 0.05) is 24.0 Å². The van der Waals surface area contributed by atoms with Crippen LogP contribution in [0.1, 0.15) is 39.4 Å². The largest absolute Gasteiger partial charge is 0.305 e. The molecule has 1 heterocycles. The van der Waals surface area contributed by atoms with Gasteiger partial charge in [0.15, 0.2) is 0 Å². The summed E-state index contributed by atoms with van der Waals surface area (Å²) in [7, 11) is 0. The van der Waals surface area contributed by atoms with Gasteiger partial charge in [-0.2, -0.15) is 0 Å². The van der Waals surface area contributed by atoms with Crippen LogP contribution in [0.3, 0.4) is 0 Å². The second-order valence-electron chi connectivity index (χ2n) is 4.19. The highest BCUT2D eigenvalue weighted by molar-refractivity contribution is 7.07. The maximum atomic E-state index is 4.33. The predicted molar refractivity (Wildman–Crippen MR) is 70.9 cm³/mol. The molecule has 1 aromatic heterocycles. The van der Waals surface area contributed by atoms with Crippen LogP contribution in [0.5, 0.6) is 0 Å². The highest BCUT2D eigenvalue weighted by Gasteiger charge is 2.12. The molecule has 0 radical (unpaired) electrons. The molecular weight excluding hydrogens is 218 g/mol. The summed E-state index contributed by atoms with van der Waals surface area (Å²) in [6, 6.07) is 0.841. The van der Waals surface area contributed by atoms with Gasteiger partial charge in [0.1, 0.15) is 0 Å². The first-order valence-corrected chi connectivity index (χ1v) is 6.98. The Morgan fingerprint density at radius 2 is 2.06 bits per heavy atom. The maximum absolute atomic E-state index is 4.33. The summed E-state index contributed by atoms with van der Waals surface area (Å²) in [5.41, 5.74) is 3.04. The van der Waals surface area contributed by atoms with Crippen LogP contribution in [0.25, 0.3) is 0 Å². The first-order chi connectivity index (χ1) is 7.67. The number of likely N-dealkylation sites (N-methyl/N-ethyl adjacent to an activating group) is 1. The topological polar surface area (TPSA) is 28.2 Å². The van der Waals surface area contributed by atoms with E-state index in [1.54, 1.807) is 11.3 Å². The van der Waals surface area contributed by atoms with E-state index in [1.807, 2.05) is 5.51 Å². The summed E-state index contributed by atoms with van der Waals surface area (Å²) in [6.07, 6.45) is 0. The Labute approximate surface area is 103 Å². The SMILES string of the molecule is CCN(CC)CC(C)NC(C)c1cscn1. The molecule has 92 valence electrons. The van der Waals surface area contributed by atoms with Crippen LogP contribution in [0.4, 0.5) is 0 Å². The normalized spacial score (nSPS) is 15.3. The van der Waals surface area contributed by atoms with Crippen molar-refractivity contribution in [3.63, 3.8) is 0 Å². The number of thiazole rings is 1. The molecule has 0 spiro atoms. The van der Waals surface area contributed by atoms with Crippen molar-refractivity contribution in [2.75, 3.05) is 19.6 Å². The molecule has 4 heteroatoms. The number of rotatable bonds is 7. The average molecular weight is 241 g/mol. The molecule has 2 unspecified atom stereocenters. The molecular formula is C12H23N3S. The molecule has 0 aliphatic rings. The first-order valence-electron chi connectivity index (χ1n) is 6.03. The highest BCUT2D eigenvalue weighted by Crippen LogP contribution is 2.12. The van der Waals surface area contributed by atoms with E-state index in [4.69, 9.17) is 0 Å². The van der Waals surface area contributed by atoms with Crippen molar-refractivity contribution in [1.29, 1.82) is 0 Å². The van der Waals surface area contributed by atoms with Crippen LogP contribution in [-0.2, 0) is 0 Å². The standard InChI is InChI=1S/C12H23N3S/c1-5-15(6-2)7-10(3)14-11(4)12-8-16-9-13-12/h8-11,14H,5-7H2,1-4H3. The minimum absolute atomic E-state index is 0.344. The smallest absolute Gasteiger partial charge is 0.0795 e. The highest BCUT2D eigenvalue weighted by atomic mass is 32.1. The lowest BCUT2D eigenvalue weighted by Gasteiger charge is -2.25. The van der Waals surface area contributed by atoms with Gasteiger partial charge in [0.2, 0.25) is 0 Å². The van der Waals surface area contributed by atoms with Crippen LogP contribution < -0.4 is 5.32 Å². The van der Waals surface area contributed by atoms with Crippen molar-refractivity contribution < 1.29 is 0 Å². The second-order valence-corrected chi connectivity index (χ2v) is 4.91. The van der Waals surface area contributed by atoms with Crippen molar-refractivity contribution in [3.8, 4) is 0 Å². The average Bonchev–Trinajstić information content (AvgIpc) is 2.79. The summed E-state index contributed by atoms with van der Waals surface area (Å²) in [4.78, 5) is 6.77. The zero-order valence-electron chi connectivity index (χ0n) is 10.7. The predicted octanol–water partition coefficient (Wildman–Crippen LogP) is 2.52. The Balaban J connectivity index is 2.36. The third-order valence-corrected chi connectivity index (χ3v) is 3.46. The number of hydrogen-bond donors (Lipinski definition) is 1. The Kier molecular flexibility index (Phi) is 5.95. The molecule has 0 amide bonds. The number of nitrogens with one attached hydrogen (secondary N) is 1. The second kappa shape index (κ2) is 6.99. The summed E-state index contributed by atoms with van der Waals surface area (Å²) in [5, 5.41) is 5.70. The van der Waals surface area contributed by atoms with Crippen LogP contribution in [-0.4, -0.2) is 35.6 Å². The van der Waals surface area contributed by atoms with Gasteiger partial charge in [-0.25, -0.2) is 4.98 Å². The van der Waals surface area contributed by atoms with E-state index in [0.717, 1.165) is 25.3 Å². The van der Waals surface area contributed by atoms with Gasteiger partial charge < -0.3 is 10.2 Å². The monoisotopic (exact) mass is 241 g/mol. The number of hydrogen-bond acceptors (Lipinski definition) is 4. The maximum Gasteiger partial charge on any atom is 0.0795 e. The zero-order chi connectivity index (χ0) is 12.0. The lowest BCUT2D eigenvalue weighted by molar-refractivity contribution is 0.263. The van der Waals surface area contributed by atoms with E-state index in [9.17, 15) is 0 Å². The van der Waals surface area contributed by atoms with Crippen molar-refractivity contribution in [1.82, 2.24) is 15.2 Å². The minimum atomic E-state index is 0.344. The fraction of sp³-hybridized carbons (Fsp3) is 0.750. The van der Waals surface area contributed by atoms with Gasteiger partial charge in [-0.1, -0.05) is 13.8 Å². The van der Waals surface area contributed by atoms with Gasteiger partial charge in [0.25, 0.3) is 0 Å². The van der Waals surface area contributed by atoms with Crippen molar-refractivity contribution in [2.45, 2.75) is 39.8 Å². The fourth-order valence-corrected chi connectivity index (χ4v) is 2.52. The van der Waals surface area contributed by atoms with Gasteiger partial charge >= 0.3 is 0 Å². The van der Waals surface area contributed by atoms with Gasteiger partial charge in [-0.3, -0.25) is 0 Å². The number of aromatic nitrogens is 1. The summed E-state index contributed by atoms with van der Waals surface area (Å²) < 4.78 is 0. The van der Waals surface area contributed by atoms with E-state index >= 15 is 0 Å². The van der Waals surface area contributed by atoms with Crippen LogP contribution in [0, 0.1) is 0 Å². The van der Waals surface area contributed by atoms with Crippen molar-refractivity contribution in [2.24, 2.45) is 0 Å². The van der Waals surface area contributed by atoms with Gasteiger partial charge in [-0.05, 0) is 26.9 Å². The van der Waals surface area contributed by atoms with Crippen LogP contribution in [0.2, 0.25) is 0 Å². The van der Waals surface area contributed by atoms with E-state index < -0.39 is 0 Å². The summed E-state index contributed by atoms with van der Waals surface area (Å²) >= 11 is 1.66. The molecule has 0 saturated heterocycles. The van der Waals surface area contributed by atoms with Crippen LogP contribution in [0.15, 0.2) is 10.9 Å². The minimum Gasteiger partial charge on any atom is -0.305 e. The molecule has 0 fully saturated rings. The lowest BCUT2D eigenvalue weighted by Crippen LogP contribution is -2.40. The van der Waals surface area contributed by atoms with E-state index in [-0.39, 0.29) is 0 Å². The van der Waals surface area contributed by atoms with Crippen molar-refractivity contribution in [3.05, 3.63) is 16.6 Å². The summed E-state index contributed by atoms with van der Waals surface area (Å²) in [5.74, 6) is 0. The Hall–Kier alpha value is -0.450. The summed E-state index contributed by atoms with van der Waals surface area (Å²) in [6.45, 7) is 12.2. The molecule has 2 atom stereocenters. The fourth-order valence-electron chi connectivity index (χ4n) is 1.87. The third kappa shape index (κ3) is 4.20. The molecule has 1 rings (SSSR count). The Morgan fingerprint density at radius 1 is 1.38 bits per heavy atom. The van der Waals surface area contributed by atoms with Gasteiger partial charge in [0.05, 0.1) is 11.2 Å². The molecule has 16 heavy (non-hydrogen) atoms. The zero-order valence-corrected chi connectivity index (χ0v) is 11.5. The molecule has 3 nitrogen and oxygen atoms in total. The van der Waals surface area contributed by atoms with Crippen LogP contribution >= 0.6 is 11.3 Å². The Bertz CT molecular complexity index is 270. The first kappa shape index (κ1) is 13.6. The Morgan fingerprint density at radius 3 is 2.56 bits per heavy atom. The molecule has 0 bridgehead atoms. The molecule has 1 N–H and O–H groups in total. The molecule has 0 aliphatic carbocycles. The molecule has 0 aromatic carbocycles. The lowest BCUT2D eigenvalue weighted by atomic mass is 10.2. The van der Waals surface area contributed by atoms with Gasteiger partial charge in [-0.15, -0.1) is 11.3 Å². The van der Waals surface area contributed by atoms with Crippen molar-refractivity contribution >= 4 is 11.3 Å². The molecule has 0 saturated carbocycles.